The highest BCUT2D eigenvalue weighted by Gasteiger charge is 2.12. The Balaban J connectivity index is 1.79. The summed E-state index contributed by atoms with van der Waals surface area (Å²) in [5.41, 5.74) is 2.00. The summed E-state index contributed by atoms with van der Waals surface area (Å²) >= 11 is 0. The molecule has 0 atom stereocenters. The van der Waals surface area contributed by atoms with Gasteiger partial charge in [-0.2, -0.15) is 0 Å². The predicted octanol–water partition coefficient (Wildman–Crippen LogP) is 4.44. The highest BCUT2D eigenvalue weighted by Crippen LogP contribution is 2.29. The van der Waals surface area contributed by atoms with Gasteiger partial charge < -0.3 is 10.1 Å². The van der Waals surface area contributed by atoms with Gasteiger partial charge in [0, 0.05) is 11.8 Å². The van der Waals surface area contributed by atoms with Crippen LogP contribution in [0.4, 0.5) is 5.69 Å². The van der Waals surface area contributed by atoms with E-state index in [-0.39, 0.29) is 10.8 Å². The minimum Gasteiger partial charge on any atom is -0.455 e. The van der Waals surface area contributed by atoms with Gasteiger partial charge in [0.05, 0.1) is 10.6 Å². The molecular formula is C21H19NO4S. The smallest absolute Gasteiger partial charge is 0.255 e. The van der Waals surface area contributed by atoms with Crippen molar-refractivity contribution in [3.63, 3.8) is 0 Å². The summed E-state index contributed by atoms with van der Waals surface area (Å²) in [5.74, 6) is 0.831. The molecule has 0 bridgehead atoms. The monoisotopic (exact) mass is 381 g/mol. The van der Waals surface area contributed by atoms with E-state index in [1.807, 2.05) is 37.3 Å². The van der Waals surface area contributed by atoms with Crippen LogP contribution in [-0.2, 0) is 9.84 Å². The van der Waals surface area contributed by atoms with E-state index in [4.69, 9.17) is 4.74 Å². The van der Waals surface area contributed by atoms with Crippen LogP contribution in [0.2, 0.25) is 0 Å². The van der Waals surface area contributed by atoms with Gasteiger partial charge in [0.25, 0.3) is 5.91 Å². The number of carbonyl (C=O) groups excluding carboxylic acids is 1. The van der Waals surface area contributed by atoms with Crippen molar-refractivity contribution in [3.05, 3.63) is 83.9 Å². The number of para-hydroxylation sites is 2. The normalized spacial score (nSPS) is 11.0. The summed E-state index contributed by atoms with van der Waals surface area (Å²) in [7, 11) is -3.30. The molecule has 6 heteroatoms. The van der Waals surface area contributed by atoms with Gasteiger partial charge in [0.2, 0.25) is 0 Å². The molecule has 3 aromatic carbocycles. The molecule has 138 valence electrons. The number of ether oxygens (including phenoxy) is 1. The highest BCUT2D eigenvalue weighted by atomic mass is 32.2. The fourth-order valence-electron chi connectivity index (χ4n) is 2.44. The van der Waals surface area contributed by atoms with Crippen molar-refractivity contribution < 1.29 is 17.9 Å². The summed E-state index contributed by atoms with van der Waals surface area (Å²) < 4.78 is 28.9. The topological polar surface area (TPSA) is 72.5 Å². The van der Waals surface area contributed by atoms with Gasteiger partial charge in [0.1, 0.15) is 5.75 Å². The van der Waals surface area contributed by atoms with Crippen molar-refractivity contribution in [2.75, 3.05) is 11.6 Å². The van der Waals surface area contributed by atoms with Crippen molar-refractivity contribution >= 4 is 21.4 Å². The number of aryl methyl sites for hydroxylation is 1. The number of sulfone groups is 1. The van der Waals surface area contributed by atoms with E-state index in [9.17, 15) is 13.2 Å². The Kier molecular flexibility index (Phi) is 5.28. The van der Waals surface area contributed by atoms with Gasteiger partial charge in [-0.05, 0) is 55.5 Å². The third kappa shape index (κ3) is 4.74. The average molecular weight is 381 g/mol. The maximum absolute atomic E-state index is 12.5. The Morgan fingerprint density at radius 3 is 2.15 bits per heavy atom. The molecule has 3 aromatic rings. The Hall–Kier alpha value is -3.12. The zero-order chi connectivity index (χ0) is 19.4. The van der Waals surface area contributed by atoms with Crippen LogP contribution >= 0.6 is 0 Å². The molecule has 0 aliphatic rings. The first kappa shape index (κ1) is 18.7. The lowest BCUT2D eigenvalue weighted by molar-refractivity contribution is 0.102. The van der Waals surface area contributed by atoms with E-state index >= 15 is 0 Å². The van der Waals surface area contributed by atoms with Crippen LogP contribution in [0, 0.1) is 6.92 Å². The first-order valence-corrected chi connectivity index (χ1v) is 10.2. The van der Waals surface area contributed by atoms with Crippen molar-refractivity contribution in [1.29, 1.82) is 0 Å². The Morgan fingerprint density at radius 1 is 0.889 bits per heavy atom. The van der Waals surface area contributed by atoms with Gasteiger partial charge in [-0.3, -0.25) is 4.79 Å². The Labute approximate surface area is 158 Å². The summed E-state index contributed by atoms with van der Waals surface area (Å²) in [6.07, 6.45) is 1.13. The predicted molar refractivity (Wildman–Crippen MR) is 105 cm³/mol. The number of hydrogen-bond acceptors (Lipinski definition) is 4. The maximum Gasteiger partial charge on any atom is 0.255 e. The van der Waals surface area contributed by atoms with Crippen LogP contribution < -0.4 is 10.1 Å². The fourth-order valence-corrected chi connectivity index (χ4v) is 3.07. The first-order chi connectivity index (χ1) is 12.8. The number of benzene rings is 3. The minimum absolute atomic E-state index is 0.169. The third-order valence-electron chi connectivity index (χ3n) is 3.93. The second kappa shape index (κ2) is 7.63. The number of hydrogen-bond donors (Lipinski definition) is 1. The molecule has 0 saturated carbocycles. The van der Waals surface area contributed by atoms with E-state index < -0.39 is 9.84 Å². The van der Waals surface area contributed by atoms with Crippen LogP contribution in [0.25, 0.3) is 0 Å². The molecule has 0 aliphatic heterocycles. The van der Waals surface area contributed by atoms with Gasteiger partial charge >= 0.3 is 0 Å². The summed E-state index contributed by atoms with van der Waals surface area (Å²) in [6.45, 7) is 1.99. The number of anilines is 1. The van der Waals surface area contributed by atoms with Gasteiger partial charge in [-0.25, -0.2) is 8.42 Å². The lowest BCUT2D eigenvalue weighted by atomic mass is 10.2. The molecule has 5 nitrogen and oxygen atoms in total. The molecule has 1 N–H and O–H groups in total. The molecule has 27 heavy (non-hydrogen) atoms. The second-order valence-corrected chi connectivity index (χ2v) is 8.18. The van der Waals surface area contributed by atoms with Gasteiger partial charge in [-0.1, -0.05) is 29.8 Å². The molecule has 0 heterocycles. The van der Waals surface area contributed by atoms with Crippen molar-refractivity contribution in [2.45, 2.75) is 11.8 Å². The van der Waals surface area contributed by atoms with Gasteiger partial charge in [-0.15, -0.1) is 0 Å². The fraction of sp³-hybridized carbons (Fsp3) is 0.0952. The molecule has 0 saturated heterocycles. The zero-order valence-electron chi connectivity index (χ0n) is 15.0. The van der Waals surface area contributed by atoms with Crippen LogP contribution in [0.15, 0.2) is 77.7 Å². The molecule has 1 amide bonds. The SMILES string of the molecule is Cc1ccc(Oc2ccccc2NC(=O)c2ccc(S(C)(=O)=O)cc2)cc1. The first-order valence-electron chi connectivity index (χ1n) is 8.28. The molecule has 0 fully saturated rings. The molecule has 0 spiro atoms. The zero-order valence-corrected chi connectivity index (χ0v) is 15.8. The Morgan fingerprint density at radius 2 is 1.52 bits per heavy atom. The third-order valence-corrected chi connectivity index (χ3v) is 5.06. The van der Waals surface area contributed by atoms with Crippen LogP contribution in [-0.4, -0.2) is 20.6 Å². The van der Waals surface area contributed by atoms with Crippen LogP contribution in [0.3, 0.4) is 0 Å². The minimum atomic E-state index is -3.30. The Bertz CT molecular complexity index is 1060. The number of carbonyl (C=O) groups is 1. The van der Waals surface area contributed by atoms with E-state index in [1.54, 1.807) is 18.2 Å². The number of amides is 1. The quantitative estimate of drug-likeness (QED) is 0.709. The van der Waals surface area contributed by atoms with Crippen molar-refractivity contribution in [3.8, 4) is 11.5 Å². The summed E-state index contributed by atoms with van der Waals surface area (Å²) in [4.78, 5) is 12.7. The maximum atomic E-state index is 12.5. The van der Waals surface area contributed by atoms with Crippen LogP contribution in [0.5, 0.6) is 11.5 Å². The molecule has 0 aromatic heterocycles. The lowest BCUT2D eigenvalue weighted by Gasteiger charge is -2.12. The van der Waals surface area contributed by atoms with E-state index in [0.29, 0.717) is 22.7 Å². The van der Waals surface area contributed by atoms with Crippen molar-refractivity contribution in [1.82, 2.24) is 0 Å². The van der Waals surface area contributed by atoms with Crippen molar-refractivity contribution in [2.24, 2.45) is 0 Å². The molecular weight excluding hydrogens is 362 g/mol. The number of rotatable bonds is 5. The number of nitrogens with one attached hydrogen (secondary N) is 1. The average Bonchev–Trinajstić information content (AvgIpc) is 2.64. The largest absolute Gasteiger partial charge is 0.455 e. The molecule has 3 rings (SSSR count). The molecule has 0 aliphatic carbocycles. The molecule has 0 unspecified atom stereocenters. The lowest BCUT2D eigenvalue weighted by Crippen LogP contribution is -2.12. The van der Waals surface area contributed by atoms with E-state index in [1.165, 1.54) is 24.3 Å². The van der Waals surface area contributed by atoms with E-state index in [0.717, 1.165) is 11.8 Å². The highest BCUT2D eigenvalue weighted by molar-refractivity contribution is 7.90. The standard InChI is InChI=1S/C21H19NO4S/c1-15-7-11-17(12-8-15)26-20-6-4-3-5-19(20)22-21(23)16-9-13-18(14-10-16)27(2,24)25/h3-14H,1-2H3,(H,22,23). The summed E-state index contributed by atoms with van der Waals surface area (Å²) in [6, 6.07) is 20.5. The van der Waals surface area contributed by atoms with Crippen LogP contribution in [0.1, 0.15) is 15.9 Å². The molecule has 0 radical (unpaired) electrons. The van der Waals surface area contributed by atoms with E-state index in [2.05, 4.69) is 5.32 Å². The van der Waals surface area contributed by atoms with Gasteiger partial charge in [0.15, 0.2) is 15.6 Å². The summed E-state index contributed by atoms with van der Waals surface area (Å²) in [5, 5.41) is 2.80. The second-order valence-electron chi connectivity index (χ2n) is 6.16.